The maximum atomic E-state index is 10.8. The van der Waals surface area contributed by atoms with Gasteiger partial charge in [0.05, 0.1) is 15.7 Å². The summed E-state index contributed by atoms with van der Waals surface area (Å²) in [5.41, 5.74) is 1.44. The zero-order chi connectivity index (χ0) is 14.0. The topological polar surface area (TPSA) is 62.5 Å². The maximum absolute atomic E-state index is 10.8. The molecule has 4 nitrogen and oxygen atoms in total. The molecule has 1 heterocycles. The molecule has 0 aliphatic heterocycles. The summed E-state index contributed by atoms with van der Waals surface area (Å²) < 4.78 is 5.12. The largest absolute Gasteiger partial charge is 0.475 e. The third-order valence-electron chi connectivity index (χ3n) is 2.65. The summed E-state index contributed by atoms with van der Waals surface area (Å²) in [4.78, 5) is 10.8. The van der Waals surface area contributed by atoms with Crippen molar-refractivity contribution in [1.29, 1.82) is 0 Å². The van der Waals surface area contributed by atoms with Crippen LogP contribution in [-0.2, 0) is 6.54 Å². The highest BCUT2D eigenvalue weighted by molar-refractivity contribution is 6.43. The van der Waals surface area contributed by atoms with E-state index in [0.717, 1.165) is 5.56 Å². The van der Waals surface area contributed by atoms with Crippen LogP contribution in [0.4, 0.5) is 5.69 Å². The number of rotatable bonds is 4. The van der Waals surface area contributed by atoms with Gasteiger partial charge in [0.1, 0.15) is 5.76 Å². The Balaban J connectivity index is 2.14. The number of aromatic carboxylic acids is 1. The second-order valence-electron chi connectivity index (χ2n) is 3.95. The number of carboxylic acid groups (broad SMARTS) is 1. The number of hydrogen-bond acceptors (Lipinski definition) is 3. The van der Waals surface area contributed by atoms with Gasteiger partial charge in [0.25, 0.3) is 0 Å². The molecule has 0 amide bonds. The second kappa shape index (κ2) is 5.55. The first-order chi connectivity index (χ1) is 8.99. The number of nitrogens with one attached hydrogen (secondary N) is 1. The van der Waals surface area contributed by atoms with Crippen molar-refractivity contribution >= 4 is 34.9 Å². The molecule has 0 saturated carbocycles. The minimum absolute atomic E-state index is 0.0773. The quantitative estimate of drug-likeness (QED) is 0.888. The predicted molar refractivity (Wildman–Crippen MR) is 74.2 cm³/mol. The molecule has 2 aromatic rings. The van der Waals surface area contributed by atoms with Gasteiger partial charge in [-0.25, -0.2) is 4.79 Å². The lowest BCUT2D eigenvalue weighted by atomic mass is 10.2. The zero-order valence-corrected chi connectivity index (χ0v) is 11.5. The Hall–Kier alpha value is -1.65. The van der Waals surface area contributed by atoms with E-state index >= 15 is 0 Å². The van der Waals surface area contributed by atoms with Crippen molar-refractivity contribution in [3.63, 3.8) is 0 Å². The highest BCUT2D eigenvalue weighted by atomic mass is 35.5. The molecule has 0 bridgehead atoms. The molecular weight excluding hydrogens is 289 g/mol. The van der Waals surface area contributed by atoms with E-state index in [0.29, 0.717) is 28.0 Å². The Morgan fingerprint density at radius 3 is 2.79 bits per heavy atom. The normalized spacial score (nSPS) is 10.5. The van der Waals surface area contributed by atoms with Gasteiger partial charge in [0, 0.05) is 12.1 Å². The van der Waals surface area contributed by atoms with Crippen LogP contribution < -0.4 is 5.32 Å². The zero-order valence-electron chi connectivity index (χ0n) is 10.0. The van der Waals surface area contributed by atoms with Gasteiger partial charge in [-0.15, -0.1) is 0 Å². The van der Waals surface area contributed by atoms with Crippen LogP contribution in [0.15, 0.2) is 28.7 Å². The summed E-state index contributed by atoms with van der Waals surface area (Å²) in [6.45, 7) is 2.12. The molecule has 0 radical (unpaired) electrons. The van der Waals surface area contributed by atoms with E-state index < -0.39 is 5.97 Å². The van der Waals surface area contributed by atoms with Gasteiger partial charge in [-0.2, -0.15) is 0 Å². The van der Waals surface area contributed by atoms with Crippen LogP contribution in [0.2, 0.25) is 10.0 Å². The summed E-state index contributed by atoms with van der Waals surface area (Å²) in [5, 5.41) is 12.8. The standard InChI is InChI=1S/C13H11Cl2NO3/c1-7-8(5-11(19-7)13(17)18)6-16-10-4-2-3-9(14)12(10)15/h2-5,16H,6H2,1H3,(H,17,18). The Morgan fingerprint density at radius 2 is 2.16 bits per heavy atom. The molecule has 1 aromatic heterocycles. The Kier molecular flexibility index (Phi) is 4.02. The van der Waals surface area contributed by atoms with Crippen LogP contribution in [0.1, 0.15) is 21.9 Å². The number of halogens is 2. The number of benzene rings is 1. The molecule has 0 aliphatic carbocycles. The van der Waals surface area contributed by atoms with Crippen molar-refractivity contribution in [2.24, 2.45) is 0 Å². The van der Waals surface area contributed by atoms with Crippen LogP contribution in [0, 0.1) is 6.92 Å². The first kappa shape index (κ1) is 13.8. The van der Waals surface area contributed by atoms with Gasteiger partial charge >= 0.3 is 5.97 Å². The number of aryl methyl sites for hydroxylation is 1. The molecule has 19 heavy (non-hydrogen) atoms. The lowest BCUT2D eigenvalue weighted by molar-refractivity contribution is 0.0661. The van der Waals surface area contributed by atoms with Gasteiger partial charge in [0.15, 0.2) is 0 Å². The molecule has 2 N–H and O–H groups in total. The summed E-state index contributed by atoms with van der Waals surface area (Å²) in [5.74, 6) is -0.607. The van der Waals surface area contributed by atoms with Crippen molar-refractivity contribution < 1.29 is 14.3 Å². The molecule has 100 valence electrons. The fourth-order valence-electron chi connectivity index (χ4n) is 1.63. The maximum Gasteiger partial charge on any atom is 0.371 e. The predicted octanol–water partition coefficient (Wildman–Crippen LogP) is 4.21. The molecule has 6 heteroatoms. The molecule has 0 aliphatic rings. The number of hydrogen-bond donors (Lipinski definition) is 2. The fourth-order valence-corrected chi connectivity index (χ4v) is 2.00. The lowest BCUT2D eigenvalue weighted by Gasteiger charge is -2.08. The molecule has 0 fully saturated rings. The van der Waals surface area contributed by atoms with Gasteiger partial charge in [-0.1, -0.05) is 29.3 Å². The molecule has 1 aromatic carbocycles. The second-order valence-corrected chi connectivity index (χ2v) is 4.74. The molecular formula is C13H11Cl2NO3. The molecule has 2 rings (SSSR count). The number of furan rings is 1. The Morgan fingerprint density at radius 1 is 1.42 bits per heavy atom. The van der Waals surface area contributed by atoms with E-state index in [4.69, 9.17) is 32.7 Å². The summed E-state index contributed by atoms with van der Waals surface area (Å²) in [7, 11) is 0. The van der Waals surface area contributed by atoms with Gasteiger partial charge in [-0.3, -0.25) is 0 Å². The van der Waals surface area contributed by atoms with Crippen LogP contribution in [0.5, 0.6) is 0 Å². The Bertz CT molecular complexity index is 622. The third-order valence-corrected chi connectivity index (χ3v) is 3.47. The molecule has 0 saturated heterocycles. The molecule has 0 atom stereocenters. The number of carboxylic acids is 1. The highest BCUT2D eigenvalue weighted by Crippen LogP contribution is 2.30. The van der Waals surface area contributed by atoms with Gasteiger partial charge in [-0.05, 0) is 25.1 Å². The number of carbonyl (C=O) groups is 1. The van der Waals surface area contributed by atoms with Crippen molar-refractivity contribution in [3.8, 4) is 0 Å². The van der Waals surface area contributed by atoms with Crippen molar-refractivity contribution in [2.75, 3.05) is 5.32 Å². The monoisotopic (exact) mass is 299 g/mol. The van der Waals surface area contributed by atoms with Crippen LogP contribution in [-0.4, -0.2) is 11.1 Å². The lowest BCUT2D eigenvalue weighted by Crippen LogP contribution is -2.00. The van der Waals surface area contributed by atoms with E-state index in [9.17, 15) is 4.79 Å². The van der Waals surface area contributed by atoms with Gasteiger partial charge < -0.3 is 14.8 Å². The first-order valence-corrected chi connectivity index (χ1v) is 6.25. The highest BCUT2D eigenvalue weighted by Gasteiger charge is 2.13. The van der Waals surface area contributed by atoms with Crippen LogP contribution in [0.25, 0.3) is 0 Å². The summed E-state index contributed by atoms with van der Waals surface area (Å²) >= 11 is 11.9. The average molecular weight is 300 g/mol. The van der Waals surface area contributed by atoms with E-state index in [-0.39, 0.29) is 5.76 Å². The number of anilines is 1. The van der Waals surface area contributed by atoms with Crippen molar-refractivity contribution in [3.05, 3.63) is 51.4 Å². The van der Waals surface area contributed by atoms with E-state index in [1.54, 1.807) is 25.1 Å². The SMILES string of the molecule is Cc1oc(C(=O)O)cc1CNc1cccc(Cl)c1Cl. The van der Waals surface area contributed by atoms with Crippen molar-refractivity contribution in [1.82, 2.24) is 0 Å². The average Bonchev–Trinajstić information content (AvgIpc) is 2.73. The third kappa shape index (κ3) is 3.03. The van der Waals surface area contributed by atoms with Crippen LogP contribution in [0.3, 0.4) is 0 Å². The van der Waals surface area contributed by atoms with E-state index in [2.05, 4.69) is 5.32 Å². The van der Waals surface area contributed by atoms with E-state index in [1.807, 2.05) is 0 Å². The smallest absolute Gasteiger partial charge is 0.371 e. The summed E-state index contributed by atoms with van der Waals surface area (Å²) in [6.07, 6.45) is 0. The van der Waals surface area contributed by atoms with Crippen LogP contribution >= 0.6 is 23.2 Å². The van der Waals surface area contributed by atoms with Gasteiger partial charge in [0.2, 0.25) is 5.76 Å². The first-order valence-electron chi connectivity index (χ1n) is 5.49. The Labute approximate surface area is 119 Å². The fraction of sp³-hybridized carbons (Fsp3) is 0.154. The van der Waals surface area contributed by atoms with Crippen molar-refractivity contribution in [2.45, 2.75) is 13.5 Å². The van der Waals surface area contributed by atoms with E-state index in [1.165, 1.54) is 6.07 Å². The molecule has 0 spiro atoms. The molecule has 0 unspecified atom stereocenters. The minimum atomic E-state index is -1.09. The summed E-state index contributed by atoms with van der Waals surface area (Å²) in [6, 6.07) is 6.76. The minimum Gasteiger partial charge on any atom is -0.475 e.